The first kappa shape index (κ1) is 14.9. The lowest BCUT2D eigenvalue weighted by Gasteiger charge is -2.33. The fourth-order valence-electron chi connectivity index (χ4n) is 1.39. The summed E-state index contributed by atoms with van der Waals surface area (Å²) in [6.07, 6.45) is 1.32. The average molecular weight is 238 g/mol. The zero-order chi connectivity index (χ0) is 12.1. The zero-order valence-electron chi connectivity index (χ0n) is 9.99. The Balaban J connectivity index is 4.33. The molecule has 0 heterocycles. The van der Waals surface area contributed by atoms with E-state index in [2.05, 4.69) is 0 Å². The first-order valence-electron chi connectivity index (χ1n) is 5.25. The van der Waals surface area contributed by atoms with Crippen molar-refractivity contribution in [2.75, 3.05) is 18.6 Å². The number of aliphatic hydroxyl groups excluding tert-OH is 1. The molecule has 0 aliphatic rings. The molecule has 0 spiro atoms. The summed E-state index contributed by atoms with van der Waals surface area (Å²) >= 11 is 0. The van der Waals surface area contributed by atoms with Crippen molar-refractivity contribution in [3.63, 3.8) is 0 Å². The summed E-state index contributed by atoms with van der Waals surface area (Å²) in [4.78, 5) is 0. The number of hydrogen-bond acceptors (Lipinski definition) is 4. The summed E-state index contributed by atoms with van der Waals surface area (Å²) in [7, 11) is -3.02. The monoisotopic (exact) mass is 238 g/mol. The highest BCUT2D eigenvalue weighted by molar-refractivity contribution is 7.90. The quantitative estimate of drug-likeness (QED) is 0.718. The van der Waals surface area contributed by atoms with Gasteiger partial charge in [0, 0.05) is 12.9 Å². The van der Waals surface area contributed by atoms with Crippen molar-refractivity contribution in [3.8, 4) is 0 Å². The molecule has 0 aromatic rings. The van der Waals surface area contributed by atoms with E-state index in [4.69, 9.17) is 4.74 Å². The third kappa shape index (κ3) is 5.49. The Hall–Kier alpha value is -0.130. The highest BCUT2D eigenvalue weighted by Crippen LogP contribution is 2.22. The fraction of sp³-hybridized carbons (Fsp3) is 1.00. The third-order valence-electron chi connectivity index (χ3n) is 2.64. The van der Waals surface area contributed by atoms with Crippen LogP contribution in [-0.4, -0.2) is 43.8 Å². The minimum atomic E-state index is -3.02. The summed E-state index contributed by atoms with van der Waals surface area (Å²) in [5, 5.41) is 9.87. The molecule has 0 rings (SSSR count). The van der Waals surface area contributed by atoms with E-state index in [1.54, 1.807) is 0 Å². The normalized spacial score (nSPS) is 18.5. The highest BCUT2D eigenvalue weighted by atomic mass is 32.2. The first-order valence-corrected chi connectivity index (χ1v) is 7.31. The van der Waals surface area contributed by atoms with E-state index in [0.29, 0.717) is 13.0 Å². The van der Waals surface area contributed by atoms with E-state index in [0.717, 1.165) is 0 Å². The predicted molar refractivity (Wildman–Crippen MR) is 60.7 cm³/mol. The summed E-state index contributed by atoms with van der Waals surface area (Å²) in [6.45, 7) is 6.10. The third-order valence-corrected chi connectivity index (χ3v) is 3.62. The van der Waals surface area contributed by atoms with Gasteiger partial charge in [-0.2, -0.15) is 0 Å². The number of hydrogen-bond donors (Lipinski definition) is 1. The predicted octanol–water partition coefficient (Wildman–Crippen LogP) is 0.987. The Morgan fingerprint density at radius 1 is 1.40 bits per heavy atom. The molecule has 1 N–H and O–H groups in total. The van der Waals surface area contributed by atoms with Gasteiger partial charge in [-0.25, -0.2) is 8.42 Å². The van der Waals surface area contributed by atoms with Crippen molar-refractivity contribution >= 4 is 9.84 Å². The second-order valence-electron chi connectivity index (χ2n) is 4.03. The van der Waals surface area contributed by atoms with Crippen LogP contribution in [-0.2, 0) is 14.6 Å². The van der Waals surface area contributed by atoms with Crippen LogP contribution in [0.25, 0.3) is 0 Å². The van der Waals surface area contributed by atoms with E-state index in [-0.39, 0.29) is 12.2 Å². The van der Waals surface area contributed by atoms with Crippen LogP contribution in [0.5, 0.6) is 0 Å². The smallest absolute Gasteiger partial charge is 0.147 e. The summed E-state index contributed by atoms with van der Waals surface area (Å²) < 4.78 is 27.4. The van der Waals surface area contributed by atoms with Crippen LogP contribution in [0.15, 0.2) is 0 Å². The molecule has 5 heteroatoms. The highest BCUT2D eigenvalue weighted by Gasteiger charge is 2.32. The van der Waals surface area contributed by atoms with E-state index in [9.17, 15) is 13.5 Å². The van der Waals surface area contributed by atoms with Crippen LogP contribution >= 0.6 is 0 Å². The summed E-state index contributed by atoms with van der Waals surface area (Å²) in [5.74, 6) is -0.00314. The first-order chi connectivity index (χ1) is 6.75. The second kappa shape index (κ2) is 5.82. The van der Waals surface area contributed by atoms with Crippen molar-refractivity contribution in [2.45, 2.75) is 45.3 Å². The molecule has 0 saturated heterocycles. The molecule has 0 bridgehead atoms. The fourth-order valence-corrected chi connectivity index (χ4v) is 2.05. The molecule has 0 aromatic carbocycles. The molecule has 0 fully saturated rings. The summed E-state index contributed by atoms with van der Waals surface area (Å²) in [6, 6.07) is 0. The Kier molecular flexibility index (Phi) is 5.77. The number of aliphatic hydroxyl groups is 1. The molecule has 0 amide bonds. The van der Waals surface area contributed by atoms with Gasteiger partial charge in [0.1, 0.15) is 9.84 Å². The maximum absolute atomic E-state index is 11.0. The molecule has 0 radical (unpaired) electrons. The van der Waals surface area contributed by atoms with Gasteiger partial charge in [0.25, 0.3) is 0 Å². The van der Waals surface area contributed by atoms with E-state index < -0.39 is 21.5 Å². The molecule has 0 aromatic heterocycles. The molecule has 4 nitrogen and oxygen atoms in total. The molecular formula is C10H22O4S. The molecule has 2 unspecified atom stereocenters. The molecule has 2 atom stereocenters. The maximum atomic E-state index is 11.0. The molecule has 15 heavy (non-hydrogen) atoms. The molecule has 92 valence electrons. The molecule has 0 saturated carbocycles. The Bertz CT molecular complexity index is 273. The number of sulfone groups is 1. The lowest BCUT2D eigenvalue weighted by atomic mass is 9.94. The molecular weight excluding hydrogens is 216 g/mol. The van der Waals surface area contributed by atoms with E-state index in [1.165, 1.54) is 6.26 Å². The Morgan fingerprint density at radius 3 is 2.27 bits per heavy atom. The minimum absolute atomic E-state index is 0.00314. The van der Waals surface area contributed by atoms with Crippen molar-refractivity contribution in [1.82, 2.24) is 0 Å². The van der Waals surface area contributed by atoms with Gasteiger partial charge >= 0.3 is 0 Å². The van der Waals surface area contributed by atoms with Crippen LogP contribution in [0.1, 0.15) is 33.6 Å². The van der Waals surface area contributed by atoms with Crippen LogP contribution in [0.4, 0.5) is 0 Å². The van der Waals surface area contributed by atoms with Crippen LogP contribution in [0.3, 0.4) is 0 Å². The van der Waals surface area contributed by atoms with Gasteiger partial charge in [-0.1, -0.05) is 6.92 Å². The van der Waals surface area contributed by atoms with Crippen molar-refractivity contribution in [3.05, 3.63) is 0 Å². The lowest BCUT2D eigenvalue weighted by Crippen LogP contribution is -2.42. The van der Waals surface area contributed by atoms with Gasteiger partial charge in [0.15, 0.2) is 0 Å². The standard InChI is InChI=1S/C10H22O4S/c1-5-10(3,14-6-2)9(11)7-8-15(4,12)13/h9,11H,5-8H2,1-4H3. The van der Waals surface area contributed by atoms with E-state index >= 15 is 0 Å². The van der Waals surface area contributed by atoms with Gasteiger partial charge in [-0.15, -0.1) is 0 Å². The lowest BCUT2D eigenvalue weighted by molar-refractivity contribution is -0.111. The van der Waals surface area contributed by atoms with Crippen molar-refractivity contribution < 1.29 is 18.3 Å². The van der Waals surface area contributed by atoms with Crippen LogP contribution in [0, 0.1) is 0 Å². The van der Waals surface area contributed by atoms with Gasteiger partial charge in [-0.05, 0) is 26.7 Å². The zero-order valence-corrected chi connectivity index (χ0v) is 10.8. The number of ether oxygens (including phenoxy) is 1. The second-order valence-corrected chi connectivity index (χ2v) is 6.29. The minimum Gasteiger partial charge on any atom is -0.390 e. The average Bonchev–Trinajstić information content (AvgIpc) is 2.13. The molecule has 0 aliphatic carbocycles. The SMILES string of the molecule is CCOC(C)(CC)C(O)CCS(C)(=O)=O. The summed E-state index contributed by atoms with van der Waals surface area (Å²) in [5.41, 5.74) is -0.639. The maximum Gasteiger partial charge on any atom is 0.147 e. The Morgan fingerprint density at radius 2 is 1.93 bits per heavy atom. The van der Waals surface area contributed by atoms with Crippen LogP contribution in [0.2, 0.25) is 0 Å². The van der Waals surface area contributed by atoms with Gasteiger partial charge < -0.3 is 9.84 Å². The van der Waals surface area contributed by atoms with Crippen molar-refractivity contribution in [2.24, 2.45) is 0 Å². The van der Waals surface area contributed by atoms with Crippen molar-refractivity contribution in [1.29, 1.82) is 0 Å². The number of rotatable bonds is 7. The van der Waals surface area contributed by atoms with E-state index in [1.807, 2.05) is 20.8 Å². The van der Waals surface area contributed by atoms with Gasteiger partial charge in [-0.3, -0.25) is 0 Å². The van der Waals surface area contributed by atoms with Crippen LogP contribution < -0.4 is 0 Å². The molecule has 0 aliphatic heterocycles. The van der Waals surface area contributed by atoms with Gasteiger partial charge in [0.05, 0.1) is 17.5 Å². The topological polar surface area (TPSA) is 63.6 Å². The Labute approximate surface area is 92.6 Å². The largest absolute Gasteiger partial charge is 0.390 e. The van der Waals surface area contributed by atoms with Gasteiger partial charge in [0.2, 0.25) is 0 Å².